The molecule has 0 aliphatic heterocycles. The molecule has 0 amide bonds. The Morgan fingerprint density at radius 2 is 1.94 bits per heavy atom. The van der Waals surface area contributed by atoms with Gasteiger partial charge in [0.05, 0.1) is 6.10 Å². The lowest BCUT2D eigenvalue weighted by atomic mass is 10.1. The highest BCUT2D eigenvalue weighted by Crippen LogP contribution is 2.28. The molecule has 1 rings (SSSR count). The number of nitrogens with zero attached hydrogens (tertiary/aromatic N) is 1. The highest BCUT2D eigenvalue weighted by atomic mass is 19.1. The fourth-order valence-corrected chi connectivity index (χ4v) is 1.80. The average molecular weight is 235 g/mol. The van der Waals surface area contributed by atoms with Crippen molar-refractivity contribution in [3.8, 4) is 0 Å². The standard InChI is InChI=1S/C14H18FNO/c1-4-9-16(10-5-2)13-8-6-7-12(15)14(13)11(3)17/h4-8,11,17H,1-2,9-10H2,3H3. The van der Waals surface area contributed by atoms with Crippen LogP contribution >= 0.6 is 0 Å². The first kappa shape index (κ1) is 13.5. The van der Waals surface area contributed by atoms with Crippen LogP contribution in [0.2, 0.25) is 0 Å². The number of aliphatic hydroxyl groups excluding tert-OH is 1. The lowest BCUT2D eigenvalue weighted by Gasteiger charge is -2.25. The van der Waals surface area contributed by atoms with Gasteiger partial charge in [0.2, 0.25) is 0 Å². The van der Waals surface area contributed by atoms with E-state index in [-0.39, 0.29) is 0 Å². The van der Waals surface area contributed by atoms with Crippen molar-refractivity contribution in [2.45, 2.75) is 13.0 Å². The van der Waals surface area contributed by atoms with Gasteiger partial charge in [-0.2, -0.15) is 0 Å². The summed E-state index contributed by atoms with van der Waals surface area (Å²) in [6.45, 7) is 10.1. The van der Waals surface area contributed by atoms with Gasteiger partial charge in [0, 0.05) is 24.3 Å². The zero-order valence-corrected chi connectivity index (χ0v) is 10.1. The van der Waals surface area contributed by atoms with Crippen LogP contribution in [0.25, 0.3) is 0 Å². The normalized spacial score (nSPS) is 11.9. The Kier molecular flexibility index (Phi) is 4.91. The van der Waals surface area contributed by atoms with Crippen LogP contribution in [-0.2, 0) is 0 Å². The van der Waals surface area contributed by atoms with E-state index in [0.717, 1.165) is 0 Å². The van der Waals surface area contributed by atoms with Crippen molar-refractivity contribution in [3.63, 3.8) is 0 Å². The molecule has 1 aromatic carbocycles. The minimum atomic E-state index is -0.844. The molecule has 3 heteroatoms. The molecule has 0 radical (unpaired) electrons. The molecule has 0 bridgehead atoms. The van der Waals surface area contributed by atoms with Crippen LogP contribution in [0.4, 0.5) is 10.1 Å². The Bertz CT molecular complexity index is 391. The Hall–Kier alpha value is -1.61. The predicted octanol–water partition coefficient (Wildman–Crippen LogP) is 3.06. The van der Waals surface area contributed by atoms with Crippen molar-refractivity contribution in [1.82, 2.24) is 0 Å². The molecular formula is C14H18FNO. The highest BCUT2D eigenvalue weighted by molar-refractivity contribution is 5.56. The minimum Gasteiger partial charge on any atom is -0.389 e. The molecule has 0 saturated heterocycles. The molecular weight excluding hydrogens is 217 g/mol. The Morgan fingerprint density at radius 3 is 2.41 bits per heavy atom. The molecule has 0 spiro atoms. The van der Waals surface area contributed by atoms with Gasteiger partial charge in [0.1, 0.15) is 5.82 Å². The zero-order valence-electron chi connectivity index (χ0n) is 10.1. The molecule has 1 unspecified atom stereocenters. The predicted molar refractivity (Wildman–Crippen MR) is 69.6 cm³/mol. The van der Waals surface area contributed by atoms with E-state index in [1.807, 2.05) is 4.90 Å². The maximum absolute atomic E-state index is 13.7. The third kappa shape index (κ3) is 3.17. The summed E-state index contributed by atoms with van der Waals surface area (Å²) in [5.41, 5.74) is 0.996. The molecule has 1 atom stereocenters. The minimum absolute atomic E-state index is 0.316. The third-order valence-corrected chi connectivity index (χ3v) is 2.49. The van der Waals surface area contributed by atoms with Gasteiger partial charge in [-0.3, -0.25) is 0 Å². The van der Waals surface area contributed by atoms with E-state index < -0.39 is 11.9 Å². The Labute approximate surface area is 102 Å². The topological polar surface area (TPSA) is 23.5 Å². The summed E-state index contributed by atoms with van der Waals surface area (Å²) in [7, 11) is 0. The Morgan fingerprint density at radius 1 is 1.35 bits per heavy atom. The molecule has 1 aromatic rings. The molecule has 2 nitrogen and oxygen atoms in total. The first-order chi connectivity index (χ1) is 8.11. The van der Waals surface area contributed by atoms with Gasteiger partial charge in [0.15, 0.2) is 0 Å². The smallest absolute Gasteiger partial charge is 0.131 e. The number of halogens is 1. The maximum atomic E-state index is 13.7. The van der Waals surface area contributed by atoms with Crippen molar-refractivity contribution in [2.75, 3.05) is 18.0 Å². The molecule has 0 aromatic heterocycles. The first-order valence-corrected chi connectivity index (χ1v) is 5.55. The largest absolute Gasteiger partial charge is 0.389 e. The van der Waals surface area contributed by atoms with Crippen LogP contribution in [-0.4, -0.2) is 18.2 Å². The van der Waals surface area contributed by atoms with E-state index >= 15 is 0 Å². The molecule has 0 saturated carbocycles. The Balaban J connectivity index is 3.21. The molecule has 0 heterocycles. The molecule has 1 N–H and O–H groups in total. The SMILES string of the molecule is C=CCN(CC=C)c1cccc(F)c1C(C)O. The summed E-state index contributed by atoms with van der Waals surface area (Å²) in [5, 5.41) is 9.65. The van der Waals surface area contributed by atoms with Gasteiger partial charge in [-0.1, -0.05) is 18.2 Å². The fourth-order valence-electron chi connectivity index (χ4n) is 1.80. The zero-order chi connectivity index (χ0) is 12.8. The highest BCUT2D eigenvalue weighted by Gasteiger charge is 2.16. The van der Waals surface area contributed by atoms with Crippen molar-refractivity contribution < 1.29 is 9.50 Å². The van der Waals surface area contributed by atoms with Crippen LogP contribution < -0.4 is 4.90 Å². The number of hydrogen-bond acceptors (Lipinski definition) is 2. The second-order valence-electron chi connectivity index (χ2n) is 3.83. The van der Waals surface area contributed by atoms with Gasteiger partial charge >= 0.3 is 0 Å². The van der Waals surface area contributed by atoms with Crippen molar-refractivity contribution in [2.24, 2.45) is 0 Å². The average Bonchev–Trinajstić information content (AvgIpc) is 2.28. The van der Waals surface area contributed by atoms with Gasteiger partial charge in [-0.25, -0.2) is 4.39 Å². The maximum Gasteiger partial charge on any atom is 0.131 e. The van der Waals surface area contributed by atoms with E-state index in [9.17, 15) is 9.50 Å². The van der Waals surface area contributed by atoms with E-state index in [0.29, 0.717) is 24.3 Å². The quantitative estimate of drug-likeness (QED) is 0.766. The fraction of sp³-hybridized carbons (Fsp3) is 0.286. The number of aliphatic hydroxyl groups is 1. The third-order valence-electron chi connectivity index (χ3n) is 2.49. The van der Waals surface area contributed by atoms with Gasteiger partial charge < -0.3 is 10.0 Å². The van der Waals surface area contributed by atoms with Crippen LogP contribution in [0, 0.1) is 5.82 Å². The summed E-state index contributed by atoms with van der Waals surface area (Å²) < 4.78 is 13.7. The van der Waals surface area contributed by atoms with Gasteiger partial charge in [0.25, 0.3) is 0 Å². The van der Waals surface area contributed by atoms with Crippen LogP contribution in [0.1, 0.15) is 18.6 Å². The van der Waals surface area contributed by atoms with Crippen molar-refractivity contribution in [3.05, 3.63) is 54.9 Å². The molecule has 0 fully saturated rings. The summed E-state index contributed by atoms with van der Waals surface area (Å²) in [6, 6.07) is 4.78. The lowest BCUT2D eigenvalue weighted by Crippen LogP contribution is -2.25. The van der Waals surface area contributed by atoms with Crippen LogP contribution in [0.3, 0.4) is 0 Å². The van der Waals surface area contributed by atoms with E-state index in [2.05, 4.69) is 13.2 Å². The summed E-state index contributed by atoms with van der Waals surface area (Å²) in [6.07, 6.45) is 2.63. The molecule has 0 aliphatic carbocycles. The van der Waals surface area contributed by atoms with Gasteiger partial charge in [-0.15, -0.1) is 13.2 Å². The second-order valence-corrected chi connectivity index (χ2v) is 3.83. The summed E-state index contributed by atoms with van der Waals surface area (Å²) in [5.74, 6) is -0.393. The van der Waals surface area contributed by atoms with Crippen molar-refractivity contribution in [1.29, 1.82) is 0 Å². The molecule has 0 aliphatic rings. The van der Waals surface area contributed by atoms with Crippen molar-refractivity contribution >= 4 is 5.69 Å². The van der Waals surface area contributed by atoms with E-state index in [1.165, 1.54) is 6.07 Å². The van der Waals surface area contributed by atoms with Crippen LogP contribution in [0.15, 0.2) is 43.5 Å². The number of benzene rings is 1. The number of hydrogen-bond donors (Lipinski definition) is 1. The lowest BCUT2D eigenvalue weighted by molar-refractivity contribution is 0.194. The van der Waals surface area contributed by atoms with Gasteiger partial charge in [-0.05, 0) is 19.1 Å². The van der Waals surface area contributed by atoms with E-state index in [4.69, 9.17) is 0 Å². The second kappa shape index (κ2) is 6.21. The number of anilines is 1. The summed E-state index contributed by atoms with van der Waals surface area (Å²) in [4.78, 5) is 1.91. The summed E-state index contributed by atoms with van der Waals surface area (Å²) >= 11 is 0. The number of rotatable bonds is 6. The monoisotopic (exact) mass is 235 g/mol. The molecule has 92 valence electrons. The van der Waals surface area contributed by atoms with Crippen LogP contribution in [0.5, 0.6) is 0 Å². The van der Waals surface area contributed by atoms with E-state index in [1.54, 1.807) is 31.2 Å². The molecule has 17 heavy (non-hydrogen) atoms. The first-order valence-electron chi connectivity index (χ1n) is 5.55.